The van der Waals surface area contributed by atoms with Gasteiger partial charge in [0, 0.05) is 0 Å². The molecule has 2 nitrogen and oxygen atoms in total. The molecule has 0 aliphatic rings. The third-order valence-electron chi connectivity index (χ3n) is 2.97. The van der Waals surface area contributed by atoms with Gasteiger partial charge in [-0.15, -0.1) is 12.4 Å². The van der Waals surface area contributed by atoms with Crippen LogP contribution in [0.1, 0.15) is 45.2 Å². The number of benzene rings is 1. The molecule has 0 saturated carbocycles. The second-order valence-electron chi connectivity index (χ2n) is 4.58. The van der Waals surface area contributed by atoms with Crippen molar-refractivity contribution in [3.63, 3.8) is 0 Å². The van der Waals surface area contributed by atoms with E-state index in [1.165, 1.54) is 20.0 Å². The molecule has 0 heterocycles. The fraction of sp³-hybridized carbons (Fsp3) is 0.571. The number of halogens is 2. The molecule has 6 heteroatoms. The van der Waals surface area contributed by atoms with Crippen LogP contribution in [0.2, 0.25) is 4.44 Å². The van der Waals surface area contributed by atoms with Crippen LogP contribution in [-0.2, 0) is 3.07 Å². The van der Waals surface area contributed by atoms with Gasteiger partial charge >= 0.3 is 142 Å². The maximum Gasteiger partial charge on any atom is -0.147 e. The Morgan fingerprint density at radius 1 is 1.35 bits per heavy atom. The molecule has 0 aliphatic carbocycles. The third kappa shape index (κ3) is 6.60. The van der Waals surface area contributed by atoms with Gasteiger partial charge in [-0.1, -0.05) is 0 Å². The summed E-state index contributed by atoms with van der Waals surface area (Å²) in [6, 6.07) is 8.68. The molecular formula is C14H24ClINOSSn. The van der Waals surface area contributed by atoms with E-state index in [1.54, 1.807) is 0 Å². The maximum atomic E-state index is 6.46. The molecule has 0 amide bonds. The minimum atomic E-state index is -2.01. The normalized spacial score (nSPS) is 13.9. The van der Waals surface area contributed by atoms with Crippen LogP contribution in [0.4, 0.5) is 0 Å². The van der Waals surface area contributed by atoms with Crippen molar-refractivity contribution >= 4 is 66.3 Å². The average molecular weight is 535 g/mol. The first-order chi connectivity index (χ1) is 9.13. The first-order valence-corrected chi connectivity index (χ1v) is 14.8. The smallest absolute Gasteiger partial charge is 0.147 e. The van der Waals surface area contributed by atoms with Gasteiger partial charge in [0.15, 0.2) is 0 Å². The molecule has 115 valence electrons. The maximum absolute atomic E-state index is 6.46. The van der Waals surface area contributed by atoms with Gasteiger partial charge in [0.25, 0.3) is 0 Å². The van der Waals surface area contributed by atoms with Crippen LogP contribution in [0.25, 0.3) is 0 Å². The van der Waals surface area contributed by atoms with Crippen molar-refractivity contribution in [2.24, 2.45) is 5.73 Å². The molecule has 1 aromatic carbocycles. The van der Waals surface area contributed by atoms with Crippen molar-refractivity contribution in [1.29, 1.82) is 0 Å². The zero-order valence-electron chi connectivity index (χ0n) is 12.3. The summed E-state index contributed by atoms with van der Waals surface area (Å²) < 4.78 is 9.07. The monoisotopic (exact) mass is 536 g/mol. The molecule has 20 heavy (non-hydrogen) atoms. The molecule has 0 fully saturated rings. The predicted molar refractivity (Wildman–Crippen MR) is 104 cm³/mol. The van der Waals surface area contributed by atoms with Gasteiger partial charge in [-0.25, -0.2) is 0 Å². The number of rotatable bonds is 8. The van der Waals surface area contributed by atoms with E-state index in [4.69, 9.17) is 8.81 Å². The van der Waals surface area contributed by atoms with E-state index in [-0.39, 0.29) is 18.4 Å². The van der Waals surface area contributed by atoms with E-state index in [0.717, 1.165) is 6.42 Å². The Kier molecular flexibility index (Phi) is 12.6. The minimum absolute atomic E-state index is 0. The fourth-order valence-corrected chi connectivity index (χ4v) is 12.1. The van der Waals surface area contributed by atoms with E-state index >= 15 is 0 Å². The molecule has 2 N–H and O–H groups in total. The molecule has 0 aliphatic heterocycles. The minimum Gasteiger partial charge on any atom is -0.147 e. The van der Waals surface area contributed by atoms with Gasteiger partial charge in [0.05, 0.1) is 0 Å². The van der Waals surface area contributed by atoms with E-state index < -0.39 is 20.2 Å². The summed E-state index contributed by atoms with van der Waals surface area (Å²) in [6.07, 6.45) is 2.31. The van der Waals surface area contributed by atoms with E-state index in [9.17, 15) is 0 Å². The largest absolute Gasteiger partial charge is 0.147 e. The van der Waals surface area contributed by atoms with Gasteiger partial charge in [-0.2, -0.15) is 0 Å². The molecule has 2 unspecified atom stereocenters. The number of hydrogen-bond acceptors (Lipinski definition) is 3. The molecule has 0 bridgehead atoms. The topological polar surface area (TPSA) is 35.2 Å². The summed E-state index contributed by atoms with van der Waals surface area (Å²) in [7, 11) is 1.81. The first-order valence-electron chi connectivity index (χ1n) is 6.78. The summed E-state index contributed by atoms with van der Waals surface area (Å²) in [5, 5.41) is 0. The number of nitrogens with two attached hydrogens (primary N) is 1. The van der Waals surface area contributed by atoms with Crippen molar-refractivity contribution in [1.82, 2.24) is 0 Å². The fourth-order valence-electron chi connectivity index (χ4n) is 2.00. The average Bonchev–Trinajstić information content (AvgIpc) is 2.43. The summed E-state index contributed by atoms with van der Waals surface area (Å²) in [4.78, 5) is 0. The quantitative estimate of drug-likeness (QED) is 0.301. The SMILES string of the molecule is CCCC([O][Sn]([CH2]C)[c]1ccccc1C(C)N)SI.Cl. The Balaban J connectivity index is 0.00000361. The van der Waals surface area contributed by atoms with Crippen LogP contribution < -0.4 is 9.31 Å². The Labute approximate surface area is 153 Å². The van der Waals surface area contributed by atoms with Crippen LogP contribution in [0.5, 0.6) is 0 Å². The van der Waals surface area contributed by atoms with Crippen LogP contribution in [0, 0.1) is 0 Å². The van der Waals surface area contributed by atoms with Gasteiger partial charge in [-0.3, -0.25) is 0 Å². The Bertz CT molecular complexity index is 384. The molecule has 1 aromatic rings. The summed E-state index contributed by atoms with van der Waals surface area (Å²) in [5.41, 5.74) is 7.73. The zero-order valence-corrected chi connectivity index (χ0v) is 18.9. The van der Waals surface area contributed by atoms with Crippen molar-refractivity contribution in [3.8, 4) is 0 Å². The molecule has 0 spiro atoms. The van der Waals surface area contributed by atoms with Crippen LogP contribution in [-0.4, -0.2) is 25.6 Å². The van der Waals surface area contributed by atoms with Gasteiger partial charge in [0.1, 0.15) is 0 Å². The van der Waals surface area contributed by atoms with E-state index in [1.807, 2.05) is 8.93 Å². The van der Waals surface area contributed by atoms with Crippen LogP contribution in [0.15, 0.2) is 24.3 Å². The van der Waals surface area contributed by atoms with Crippen molar-refractivity contribution < 1.29 is 3.07 Å². The summed E-state index contributed by atoms with van der Waals surface area (Å²) in [5.74, 6) is 0. The van der Waals surface area contributed by atoms with Gasteiger partial charge < -0.3 is 0 Å². The third-order valence-corrected chi connectivity index (χ3v) is 12.2. The standard InChI is InChI=1S/C8H10N.C4H8IOS.C2H5.ClH.Sn/c1-7(9)8-5-3-2-4-6-8;1-2-3-4(6)7-5;1-2;;/h2-5,7H,9H2,1H3;4H,2-3H2,1H3;1H2,2H3;1H;/q;-1;;;+1. The Morgan fingerprint density at radius 3 is 2.50 bits per heavy atom. The molecule has 1 radical (unpaired) electrons. The van der Waals surface area contributed by atoms with E-state index in [0.29, 0.717) is 5.44 Å². The molecule has 0 saturated heterocycles. The summed E-state index contributed by atoms with van der Waals surface area (Å²) in [6.45, 7) is 6.54. The predicted octanol–water partition coefficient (Wildman–Crippen LogP) is 4.57. The molecule has 0 aromatic heterocycles. The van der Waals surface area contributed by atoms with Crippen molar-refractivity contribution in [2.75, 3.05) is 0 Å². The Hall–Kier alpha value is 1.31. The molecule has 2 atom stereocenters. The molecule has 1 rings (SSSR count). The second kappa shape index (κ2) is 11.8. The van der Waals surface area contributed by atoms with Gasteiger partial charge in [0.2, 0.25) is 0 Å². The van der Waals surface area contributed by atoms with Gasteiger partial charge in [-0.05, 0) is 0 Å². The second-order valence-corrected chi connectivity index (χ2v) is 13.5. The number of hydrogen-bond donors (Lipinski definition) is 1. The van der Waals surface area contributed by atoms with Crippen LogP contribution in [0.3, 0.4) is 0 Å². The zero-order chi connectivity index (χ0) is 14.3. The summed E-state index contributed by atoms with van der Waals surface area (Å²) >= 11 is 0.351. The van der Waals surface area contributed by atoms with E-state index in [2.05, 4.69) is 66.2 Å². The van der Waals surface area contributed by atoms with Crippen molar-refractivity contribution in [2.45, 2.75) is 49.5 Å². The van der Waals surface area contributed by atoms with Crippen molar-refractivity contribution in [3.05, 3.63) is 29.8 Å². The van der Waals surface area contributed by atoms with Crippen LogP contribution >= 0.6 is 42.5 Å². The first kappa shape index (κ1) is 21.3. The Morgan fingerprint density at radius 2 is 2.00 bits per heavy atom. The molecular weight excluding hydrogens is 511 g/mol.